The van der Waals surface area contributed by atoms with Gasteiger partial charge in [-0.25, -0.2) is 14.8 Å². The number of amides is 1. The van der Waals surface area contributed by atoms with Crippen molar-refractivity contribution in [1.82, 2.24) is 20.2 Å². The quantitative estimate of drug-likeness (QED) is 0.437. The minimum atomic E-state index is -5.23. The van der Waals surface area contributed by atoms with Gasteiger partial charge in [-0.2, -0.15) is 26.3 Å². The molecule has 2 aromatic rings. The maximum atomic E-state index is 13.1. The van der Waals surface area contributed by atoms with E-state index in [2.05, 4.69) is 15.3 Å². The SMILES string of the molecule is O=C(c1ccc(Cl)cc1)N1CCC(N[C@H]2CN(c3ccnc(C(F)(F)F)n3)C[C@@H]2OC(=O)C(F)(F)F)CC1. The number of benzene rings is 1. The van der Waals surface area contributed by atoms with Crippen molar-refractivity contribution in [2.24, 2.45) is 0 Å². The van der Waals surface area contributed by atoms with Gasteiger partial charge in [0.05, 0.1) is 12.6 Å². The van der Waals surface area contributed by atoms with Crippen molar-refractivity contribution in [3.63, 3.8) is 0 Å². The van der Waals surface area contributed by atoms with E-state index in [0.29, 0.717) is 36.5 Å². The number of hydrogen-bond donors (Lipinski definition) is 1. The standard InChI is InChI=1S/C23H22ClF6N5O3/c24-14-3-1-13(2-4-14)19(36)34-9-6-15(7-10-34)32-16-11-35(12-17(16)38-21(37)23(28,29)30)18-5-8-31-20(33-18)22(25,26)27/h1-5,8,15-17,32H,6-7,9-12H2/t16-,17-/m0/s1. The van der Waals surface area contributed by atoms with Crippen LogP contribution in [0.4, 0.5) is 32.2 Å². The summed E-state index contributed by atoms with van der Waals surface area (Å²) in [6.45, 7) is 0.364. The second-order valence-corrected chi connectivity index (χ2v) is 9.37. The van der Waals surface area contributed by atoms with Crippen LogP contribution in [0.25, 0.3) is 0 Å². The Balaban J connectivity index is 1.43. The lowest BCUT2D eigenvalue weighted by Gasteiger charge is -2.34. The fourth-order valence-corrected chi connectivity index (χ4v) is 4.56. The van der Waals surface area contributed by atoms with Crippen LogP contribution in [0.3, 0.4) is 0 Å². The molecule has 1 N–H and O–H groups in total. The molecule has 1 aromatic carbocycles. The van der Waals surface area contributed by atoms with Crippen LogP contribution in [0.1, 0.15) is 29.0 Å². The highest BCUT2D eigenvalue weighted by Crippen LogP contribution is 2.29. The molecule has 2 saturated heterocycles. The van der Waals surface area contributed by atoms with Crippen LogP contribution in [0, 0.1) is 0 Å². The molecule has 0 spiro atoms. The second-order valence-electron chi connectivity index (χ2n) is 8.93. The van der Waals surface area contributed by atoms with Gasteiger partial charge >= 0.3 is 18.3 Å². The Morgan fingerprint density at radius 1 is 1.00 bits per heavy atom. The van der Waals surface area contributed by atoms with Gasteiger partial charge in [0.25, 0.3) is 5.91 Å². The number of nitrogens with zero attached hydrogens (tertiary/aromatic N) is 4. The first-order valence-corrected chi connectivity index (χ1v) is 11.9. The minimum absolute atomic E-state index is 0.0615. The van der Waals surface area contributed by atoms with Gasteiger partial charge in [0.1, 0.15) is 11.9 Å². The second kappa shape index (κ2) is 10.9. The van der Waals surface area contributed by atoms with E-state index in [1.807, 2.05) is 0 Å². The minimum Gasteiger partial charge on any atom is -0.452 e. The highest BCUT2D eigenvalue weighted by molar-refractivity contribution is 6.30. The zero-order chi connectivity index (χ0) is 27.7. The molecule has 0 radical (unpaired) electrons. The number of anilines is 1. The van der Waals surface area contributed by atoms with E-state index in [4.69, 9.17) is 16.3 Å². The lowest BCUT2D eigenvalue weighted by Crippen LogP contribution is -2.52. The van der Waals surface area contributed by atoms with Gasteiger partial charge in [-0.3, -0.25) is 4.79 Å². The molecule has 206 valence electrons. The van der Waals surface area contributed by atoms with Crippen LogP contribution < -0.4 is 10.2 Å². The molecule has 1 aromatic heterocycles. The van der Waals surface area contributed by atoms with Gasteiger partial charge in [0, 0.05) is 42.5 Å². The van der Waals surface area contributed by atoms with Crippen LogP contribution >= 0.6 is 11.6 Å². The third-order valence-corrected chi connectivity index (χ3v) is 6.55. The maximum Gasteiger partial charge on any atom is 0.490 e. The summed E-state index contributed by atoms with van der Waals surface area (Å²) in [6, 6.07) is 6.56. The van der Waals surface area contributed by atoms with Gasteiger partial charge in [-0.1, -0.05) is 11.6 Å². The Hall–Kier alpha value is -3.13. The molecule has 4 rings (SSSR count). The summed E-state index contributed by atoms with van der Waals surface area (Å²) in [4.78, 5) is 33.9. The van der Waals surface area contributed by atoms with Crippen molar-refractivity contribution in [3.8, 4) is 0 Å². The average molecular weight is 566 g/mol. The van der Waals surface area contributed by atoms with E-state index in [9.17, 15) is 35.9 Å². The number of hydrogen-bond acceptors (Lipinski definition) is 7. The summed E-state index contributed by atoms with van der Waals surface area (Å²) in [7, 11) is 0. The molecule has 0 unspecified atom stereocenters. The number of carbonyl (C=O) groups is 2. The number of rotatable bonds is 5. The number of aromatic nitrogens is 2. The zero-order valence-corrected chi connectivity index (χ0v) is 20.4. The lowest BCUT2D eigenvalue weighted by molar-refractivity contribution is -0.204. The van der Waals surface area contributed by atoms with Gasteiger partial charge in [0.15, 0.2) is 0 Å². The van der Waals surface area contributed by atoms with Crippen LogP contribution in [0.5, 0.6) is 0 Å². The zero-order valence-electron chi connectivity index (χ0n) is 19.6. The Bertz CT molecular complexity index is 1160. The molecule has 8 nitrogen and oxygen atoms in total. The molecule has 2 aliphatic rings. The van der Waals surface area contributed by atoms with E-state index in [1.54, 1.807) is 29.2 Å². The molecule has 2 aliphatic heterocycles. The number of ether oxygens (including phenoxy) is 1. The average Bonchev–Trinajstić information content (AvgIpc) is 3.25. The van der Waals surface area contributed by atoms with Gasteiger partial charge in [-0.15, -0.1) is 0 Å². The van der Waals surface area contributed by atoms with Gasteiger partial charge < -0.3 is 19.9 Å². The first kappa shape index (κ1) is 27.9. The van der Waals surface area contributed by atoms with Crippen LogP contribution in [0.2, 0.25) is 5.02 Å². The number of alkyl halides is 6. The summed E-state index contributed by atoms with van der Waals surface area (Å²) in [6.07, 6.45) is -9.53. The van der Waals surface area contributed by atoms with Gasteiger partial charge in [0.2, 0.25) is 5.82 Å². The number of nitrogens with one attached hydrogen (secondary N) is 1. The molecule has 0 saturated carbocycles. The van der Waals surface area contributed by atoms with E-state index >= 15 is 0 Å². The summed E-state index contributed by atoms with van der Waals surface area (Å²) in [5.74, 6) is -4.13. The van der Waals surface area contributed by atoms with Crippen molar-refractivity contribution >= 4 is 29.3 Å². The van der Waals surface area contributed by atoms with Crippen LogP contribution in [-0.4, -0.2) is 77.3 Å². The number of carbonyl (C=O) groups excluding carboxylic acids is 2. The molecule has 3 heterocycles. The molecule has 0 aliphatic carbocycles. The third kappa shape index (κ3) is 6.65. The Morgan fingerprint density at radius 2 is 1.66 bits per heavy atom. The fraction of sp³-hybridized carbons (Fsp3) is 0.478. The van der Waals surface area contributed by atoms with E-state index in [0.717, 1.165) is 6.20 Å². The molecule has 2 fully saturated rings. The molecular weight excluding hydrogens is 544 g/mol. The third-order valence-electron chi connectivity index (χ3n) is 6.30. The Kier molecular flexibility index (Phi) is 8.02. The first-order chi connectivity index (χ1) is 17.8. The summed E-state index contributed by atoms with van der Waals surface area (Å²) in [5, 5.41) is 3.66. The van der Waals surface area contributed by atoms with Crippen molar-refractivity contribution in [2.75, 3.05) is 31.1 Å². The predicted octanol–water partition coefficient (Wildman–Crippen LogP) is 3.71. The van der Waals surface area contributed by atoms with Crippen LogP contribution in [0.15, 0.2) is 36.5 Å². The summed E-state index contributed by atoms with van der Waals surface area (Å²) < 4.78 is 82.5. The summed E-state index contributed by atoms with van der Waals surface area (Å²) in [5.41, 5.74) is 0.467. The molecule has 15 heteroatoms. The maximum absolute atomic E-state index is 13.1. The van der Waals surface area contributed by atoms with Crippen molar-refractivity contribution in [2.45, 2.75) is 43.4 Å². The fourth-order valence-electron chi connectivity index (χ4n) is 4.43. The molecule has 2 atom stereocenters. The number of piperidine rings is 1. The normalized spacial score (nSPS) is 21.0. The van der Waals surface area contributed by atoms with E-state index in [-0.39, 0.29) is 30.9 Å². The van der Waals surface area contributed by atoms with E-state index in [1.165, 1.54) is 11.0 Å². The monoisotopic (exact) mass is 565 g/mol. The first-order valence-electron chi connectivity index (χ1n) is 11.5. The van der Waals surface area contributed by atoms with E-state index < -0.39 is 36.3 Å². The van der Waals surface area contributed by atoms with Gasteiger partial charge in [-0.05, 0) is 43.2 Å². The highest BCUT2D eigenvalue weighted by atomic mass is 35.5. The Labute approximate surface area is 217 Å². The van der Waals surface area contributed by atoms with Crippen molar-refractivity contribution < 1.29 is 40.7 Å². The number of esters is 1. The van der Waals surface area contributed by atoms with Crippen molar-refractivity contribution in [1.29, 1.82) is 0 Å². The molecule has 1 amide bonds. The van der Waals surface area contributed by atoms with Crippen LogP contribution in [-0.2, 0) is 15.7 Å². The number of halogens is 7. The summed E-state index contributed by atoms with van der Waals surface area (Å²) >= 11 is 5.86. The topological polar surface area (TPSA) is 87.7 Å². The highest BCUT2D eigenvalue weighted by Gasteiger charge is 2.46. The van der Waals surface area contributed by atoms with Crippen molar-refractivity contribution in [3.05, 3.63) is 52.9 Å². The molecule has 0 bridgehead atoms. The molecular formula is C23H22ClF6N5O3. The largest absolute Gasteiger partial charge is 0.490 e. The lowest BCUT2D eigenvalue weighted by atomic mass is 10.0. The molecule has 38 heavy (non-hydrogen) atoms. The smallest absolute Gasteiger partial charge is 0.452 e. The predicted molar refractivity (Wildman–Crippen MR) is 122 cm³/mol. The Morgan fingerprint density at radius 3 is 2.26 bits per heavy atom. The number of likely N-dealkylation sites (tertiary alicyclic amines) is 1.